The van der Waals surface area contributed by atoms with Gasteiger partial charge in [-0.1, -0.05) is 42.8 Å². The van der Waals surface area contributed by atoms with Crippen LogP contribution in [0.25, 0.3) is 0 Å². The highest BCUT2D eigenvalue weighted by atomic mass is 16.5. The Hall–Kier alpha value is -2.29. The summed E-state index contributed by atoms with van der Waals surface area (Å²) in [5.74, 6) is 1.21. The molecule has 0 radical (unpaired) electrons. The van der Waals surface area contributed by atoms with E-state index in [1.165, 1.54) is 5.56 Å². The standard InChI is InChI=1S/C18H20O3/c1-4-14-7-10-17(18(11-14)20-3)21-12-16(19)15-8-5-13(2)6-9-15/h5-11H,4,12H2,1-3H3. The molecule has 0 saturated heterocycles. The van der Waals surface area contributed by atoms with Gasteiger partial charge in [0.15, 0.2) is 23.9 Å². The number of benzene rings is 2. The maximum absolute atomic E-state index is 12.1. The van der Waals surface area contributed by atoms with Crippen LogP contribution in [0.1, 0.15) is 28.4 Å². The van der Waals surface area contributed by atoms with Gasteiger partial charge in [0.05, 0.1) is 7.11 Å². The first-order chi connectivity index (χ1) is 10.1. The molecule has 0 fully saturated rings. The predicted molar refractivity (Wildman–Crippen MR) is 83.4 cm³/mol. The molecular formula is C18H20O3. The van der Waals surface area contributed by atoms with Crippen molar-refractivity contribution in [3.63, 3.8) is 0 Å². The summed E-state index contributed by atoms with van der Waals surface area (Å²) in [4.78, 5) is 12.1. The number of methoxy groups -OCH3 is 1. The summed E-state index contributed by atoms with van der Waals surface area (Å²) < 4.78 is 10.9. The summed E-state index contributed by atoms with van der Waals surface area (Å²) in [6.07, 6.45) is 0.930. The lowest BCUT2D eigenvalue weighted by molar-refractivity contribution is 0.0919. The zero-order chi connectivity index (χ0) is 15.2. The van der Waals surface area contributed by atoms with Crippen LogP contribution in [-0.4, -0.2) is 19.5 Å². The number of carbonyl (C=O) groups is 1. The lowest BCUT2D eigenvalue weighted by atomic mass is 10.1. The largest absolute Gasteiger partial charge is 0.493 e. The average Bonchev–Trinajstić information content (AvgIpc) is 2.53. The summed E-state index contributed by atoms with van der Waals surface area (Å²) in [6, 6.07) is 13.2. The van der Waals surface area contributed by atoms with Crippen LogP contribution in [0.5, 0.6) is 11.5 Å². The van der Waals surface area contributed by atoms with E-state index in [2.05, 4.69) is 6.92 Å². The Morgan fingerprint density at radius 3 is 2.38 bits per heavy atom. The molecule has 0 amide bonds. The van der Waals surface area contributed by atoms with Crippen LogP contribution in [0.3, 0.4) is 0 Å². The molecule has 3 heteroatoms. The molecule has 0 heterocycles. The average molecular weight is 284 g/mol. The Morgan fingerprint density at radius 2 is 1.76 bits per heavy atom. The van der Waals surface area contributed by atoms with Crippen molar-refractivity contribution < 1.29 is 14.3 Å². The molecule has 0 aliphatic heterocycles. The fourth-order valence-corrected chi connectivity index (χ4v) is 2.02. The van der Waals surface area contributed by atoms with Crippen LogP contribution in [0.4, 0.5) is 0 Å². The molecule has 21 heavy (non-hydrogen) atoms. The highest BCUT2D eigenvalue weighted by molar-refractivity contribution is 5.97. The zero-order valence-electron chi connectivity index (χ0n) is 12.7. The molecule has 0 spiro atoms. The van der Waals surface area contributed by atoms with Gasteiger partial charge < -0.3 is 9.47 Å². The Morgan fingerprint density at radius 1 is 1.05 bits per heavy atom. The minimum absolute atomic E-state index is 0.00485. The monoisotopic (exact) mass is 284 g/mol. The third kappa shape index (κ3) is 3.85. The lowest BCUT2D eigenvalue weighted by Crippen LogP contribution is -2.12. The number of rotatable bonds is 6. The second-order valence-electron chi connectivity index (χ2n) is 4.92. The van der Waals surface area contributed by atoms with Gasteiger partial charge in [0, 0.05) is 5.56 Å². The van der Waals surface area contributed by atoms with Crippen molar-refractivity contribution in [2.24, 2.45) is 0 Å². The molecular weight excluding hydrogens is 264 g/mol. The SMILES string of the molecule is CCc1ccc(OCC(=O)c2ccc(C)cc2)c(OC)c1. The third-order valence-electron chi connectivity index (χ3n) is 3.37. The summed E-state index contributed by atoms with van der Waals surface area (Å²) >= 11 is 0. The van der Waals surface area contributed by atoms with E-state index >= 15 is 0 Å². The molecule has 0 aliphatic rings. The smallest absolute Gasteiger partial charge is 0.200 e. The van der Waals surface area contributed by atoms with E-state index in [0.717, 1.165) is 12.0 Å². The second kappa shape index (κ2) is 6.93. The van der Waals surface area contributed by atoms with Crippen LogP contribution in [-0.2, 0) is 6.42 Å². The number of Topliss-reactive ketones (excluding diaryl/α,β-unsaturated/α-hetero) is 1. The molecule has 0 saturated carbocycles. The van der Waals surface area contributed by atoms with Crippen molar-refractivity contribution in [2.75, 3.05) is 13.7 Å². The molecule has 0 atom stereocenters. The fraction of sp³-hybridized carbons (Fsp3) is 0.278. The van der Waals surface area contributed by atoms with Crippen LogP contribution < -0.4 is 9.47 Å². The van der Waals surface area contributed by atoms with E-state index in [1.807, 2.05) is 49.4 Å². The zero-order valence-corrected chi connectivity index (χ0v) is 12.7. The number of aryl methyl sites for hydroxylation is 2. The van der Waals surface area contributed by atoms with E-state index in [4.69, 9.17) is 9.47 Å². The first kappa shape index (κ1) is 15.1. The van der Waals surface area contributed by atoms with Gasteiger partial charge in [-0.2, -0.15) is 0 Å². The molecule has 3 nitrogen and oxygen atoms in total. The predicted octanol–water partition coefficient (Wildman–Crippen LogP) is 3.83. The molecule has 2 rings (SSSR count). The first-order valence-corrected chi connectivity index (χ1v) is 7.03. The van der Waals surface area contributed by atoms with Gasteiger partial charge in [-0.25, -0.2) is 0 Å². The minimum atomic E-state index is -0.0448. The molecule has 0 N–H and O–H groups in total. The number of ether oxygens (including phenoxy) is 2. The van der Waals surface area contributed by atoms with Crippen LogP contribution >= 0.6 is 0 Å². The molecule has 2 aromatic carbocycles. The van der Waals surface area contributed by atoms with Gasteiger partial charge >= 0.3 is 0 Å². The summed E-state index contributed by atoms with van der Waals surface area (Å²) in [6.45, 7) is 4.08. The first-order valence-electron chi connectivity index (χ1n) is 7.03. The Labute approximate surface area is 125 Å². The normalized spacial score (nSPS) is 10.2. The fourth-order valence-electron chi connectivity index (χ4n) is 2.02. The van der Waals surface area contributed by atoms with Gasteiger partial charge in [0.2, 0.25) is 0 Å². The Bertz CT molecular complexity index is 615. The van der Waals surface area contributed by atoms with E-state index in [-0.39, 0.29) is 12.4 Å². The van der Waals surface area contributed by atoms with Crippen molar-refractivity contribution in [1.29, 1.82) is 0 Å². The van der Waals surface area contributed by atoms with E-state index in [1.54, 1.807) is 7.11 Å². The maximum Gasteiger partial charge on any atom is 0.200 e. The molecule has 2 aromatic rings. The van der Waals surface area contributed by atoms with Gasteiger partial charge in [-0.3, -0.25) is 4.79 Å². The molecule has 0 bridgehead atoms. The maximum atomic E-state index is 12.1. The molecule has 0 aromatic heterocycles. The summed E-state index contributed by atoms with van der Waals surface area (Å²) in [7, 11) is 1.60. The van der Waals surface area contributed by atoms with Crippen molar-refractivity contribution in [3.8, 4) is 11.5 Å². The van der Waals surface area contributed by atoms with Gasteiger partial charge in [0.25, 0.3) is 0 Å². The quantitative estimate of drug-likeness (QED) is 0.756. The number of carbonyl (C=O) groups excluding carboxylic acids is 1. The molecule has 0 aliphatic carbocycles. The number of hydrogen-bond donors (Lipinski definition) is 0. The topological polar surface area (TPSA) is 35.5 Å². The lowest BCUT2D eigenvalue weighted by Gasteiger charge is -2.11. The highest BCUT2D eigenvalue weighted by Gasteiger charge is 2.10. The third-order valence-corrected chi connectivity index (χ3v) is 3.37. The van der Waals surface area contributed by atoms with Crippen LogP contribution in [0.15, 0.2) is 42.5 Å². The number of hydrogen-bond acceptors (Lipinski definition) is 3. The second-order valence-corrected chi connectivity index (χ2v) is 4.92. The Kier molecular flexibility index (Phi) is 4.99. The van der Waals surface area contributed by atoms with E-state index in [0.29, 0.717) is 17.1 Å². The van der Waals surface area contributed by atoms with Crippen LogP contribution in [0.2, 0.25) is 0 Å². The summed E-state index contributed by atoms with van der Waals surface area (Å²) in [5, 5.41) is 0. The van der Waals surface area contributed by atoms with Gasteiger partial charge in [-0.05, 0) is 31.0 Å². The highest BCUT2D eigenvalue weighted by Crippen LogP contribution is 2.28. The number of ketones is 1. The van der Waals surface area contributed by atoms with Crippen molar-refractivity contribution in [3.05, 3.63) is 59.2 Å². The van der Waals surface area contributed by atoms with Crippen LogP contribution in [0, 0.1) is 6.92 Å². The van der Waals surface area contributed by atoms with Gasteiger partial charge in [-0.15, -0.1) is 0 Å². The van der Waals surface area contributed by atoms with E-state index < -0.39 is 0 Å². The minimum Gasteiger partial charge on any atom is -0.493 e. The van der Waals surface area contributed by atoms with Crippen molar-refractivity contribution in [2.45, 2.75) is 20.3 Å². The molecule has 110 valence electrons. The Balaban J connectivity index is 2.05. The van der Waals surface area contributed by atoms with Crippen molar-refractivity contribution in [1.82, 2.24) is 0 Å². The summed E-state index contributed by atoms with van der Waals surface area (Å²) in [5.41, 5.74) is 2.96. The van der Waals surface area contributed by atoms with Gasteiger partial charge in [0.1, 0.15) is 0 Å². The molecule has 0 unspecified atom stereocenters. The van der Waals surface area contributed by atoms with Crippen molar-refractivity contribution >= 4 is 5.78 Å². The van der Waals surface area contributed by atoms with E-state index in [9.17, 15) is 4.79 Å².